The van der Waals surface area contributed by atoms with Crippen LogP contribution in [0.4, 0.5) is 5.69 Å². The van der Waals surface area contributed by atoms with Gasteiger partial charge in [0, 0.05) is 22.7 Å². The van der Waals surface area contributed by atoms with Gasteiger partial charge in [0.2, 0.25) is 0 Å². The first-order chi connectivity index (χ1) is 12.3. The van der Waals surface area contributed by atoms with Gasteiger partial charge in [-0.3, -0.25) is 4.98 Å². The highest BCUT2D eigenvalue weighted by atomic mass is 79.9. The van der Waals surface area contributed by atoms with Gasteiger partial charge in [0.25, 0.3) is 0 Å². The number of hydrogen-bond acceptors (Lipinski definition) is 4. The quantitative estimate of drug-likeness (QED) is 0.614. The van der Waals surface area contributed by atoms with Gasteiger partial charge in [-0.2, -0.15) is 0 Å². The molecule has 3 aromatic rings. The van der Waals surface area contributed by atoms with Crippen LogP contribution in [-0.4, -0.2) is 22.3 Å². The Kier molecular flexibility index (Phi) is 5.10. The number of rotatable bonds is 4. The Labute approximate surface area is 159 Å². The lowest BCUT2D eigenvalue weighted by Gasteiger charge is -2.14. The maximum atomic E-state index is 5.86. The van der Waals surface area contributed by atoms with Gasteiger partial charge < -0.3 is 9.30 Å². The molecule has 4 rings (SSSR count). The topological polar surface area (TPSA) is 39.4 Å². The molecule has 25 heavy (non-hydrogen) atoms. The molecule has 0 radical (unpaired) electrons. The molecular formula is C19H18BrN3OS. The number of aromatic nitrogens is 2. The molecule has 1 atom stereocenters. The fourth-order valence-corrected chi connectivity index (χ4v) is 4.17. The van der Waals surface area contributed by atoms with Crippen LogP contribution >= 0.6 is 27.3 Å². The van der Waals surface area contributed by atoms with E-state index in [1.165, 1.54) is 11.3 Å². The molecule has 6 heteroatoms. The average molecular weight is 416 g/mol. The van der Waals surface area contributed by atoms with E-state index in [1.54, 1.807) is 23.7 Å². The summed E-state index contributed by atoms with van der Waals surface area (Å²) < 4.78 is 9.22. The van der Waals surface area contributed by atoms with Crippen molar-refractivity contribution in [3.63, 3.8) is 0 Å². The summed E-state index contributed by atoms with van der Waals surface area (Å²) in [5.41, 5.74) is 3.23. The van der Waals surface area contributed by atoms with E-state index in [2.05, 4.69) is 55.1 Å². The number of benzene rings is 1. The van der Waals surface area contributed by atoms with Crippen LogP contribution in [0.2, 0.25) is 0 Å². The summed E-state index contributed by atoms with van der Waals surface area (Å²) in [5, 5.41) is 2.17. The highest BCUT2D eigenvalue weighted by Gasteiger charge is 2.19. The molecule has 0 N–H and O–H groups in total. The molecule has 1 aromatic carbocycles. The van der Waals surface area contributed by atoms with E-state index in [0.717, 1.165) is 41.0 Å². The molecule has 0 spiro atoms. The largest absolute Gasteiger partial charge is 0.376 e. The molecule has 0 bridgehead atoms. The molecular weight excluding hydrogens is 398 g/mol. The van der Waals surface area contributed by atoms with E-state index in [9.17, 15) is 0 Å². The van der Waals surface area contributed by atoms with E-state index < -0.39 is 0 Å². The van der Waals surface area contributed by atoms with Crippen LogP contribution in [0.15, 0.2) is 63.6 Å². The monoisotopic (exact) mass is 415 g/mol. The van der Waals surface area contributed by atoms with Crippen molar-refractivity contribution < 1.29 is 4.74 Å². The van der Waals surface area contributed by atoms with Crippen LogP contribution in [0.25, 0.3) is 11.3 Å². The third-order valence-electron chi connectivity index (χ3n) is 4.22. The molecule has 1 saturated heterocycles. The standard InChI is InChI=1S/C19H18BrN3OS/c20-15-7-5-14(6-8-15)18-13-25-19(22-16-3-1-9-21-11-16)23(18)12-17-4-2-10-24-17/h1,3,5-9,11,13,17H,2,4,10,12H2. The van der Waals surface area contributed by atoms with Gasteiger partial charge in [0.15, 0.2) is 4.80 Å². The Morgan fingerprint density at radius 2 is 2.16 bits per heavy atom. The second-order valence-electron chi connectivity index (χ2n) is 5.98. The van der Waals surface area contributed by atoms with Gasteiger partial charge in [-0.25, -0.2) is 4.99 Å². The zero-order valence-electron chi connectivity index (χ0n) is 13.6. The van der Waals surface area contributed by atoms with E-state index in [4.69, 9.17) is 9.73 Å². The van der Waals surface area contributed by atoms with Crippen molar-refractivity contribution in [3.05, 3.63) is 63.4 Å². The van der Waals surface area contributed by atoms with E-state index >= 15 is 0 Å². The molecule has 3 heterocycles. The number of pyridine rings is 1. The minimum Gasteiger partial charge on any atom is -0.376 e. The summed E-state index contributed by atoms with van der Waals surface area (Å²) >= 11 is 5.16. The number of halogens is 1. The summed E-state index contributed by atoms with van der Waals surface area (Å²) in [6.45, 7) is 1.69. The van der Waals surface area contributed by atoms with Crippen LogP contribution in [0.5, 0.6) is 0 Å². The maximum Gasteiger partial charge on any atom is 0.190 e. The van der Waals surface area contributed by atoms with Gasteiger partial charge in [0.1, 0.15) is 0 Å². The van der Waals surface area contributed by atoms with Gasteiger partial charge in [-0.05, 0) is 42.7 Å². The van der Waals surface area contributed by atoms with Crippen molar-refractivity contribution in [1.29, 1.82) is 0 Å². The lowest BCUT2D eigenvalue weighted by molar-refractivity contribution is 0.0968. The minimum absolute atomic E-state index is 0.261. The Hall–Kier alpha value is -1.76. The van der Waals surface area contributed by atoms with Crippen molar-refractivity contribution in [2.24, 2.45) is 4.99 Å². The molecule has 0 amide bonds. The molecule has 1 aliphatic rings. The lowest BCUT2D eigenvalue weighted by Crippen LogP contribution is -2.24. The highest BCUT2D eigenvalue weighted by molar-refractivity contribution is 9.10. The fourth-order valence-electron chi connectivity index (χ4n) is 2.97. The normalized spacial score (nSPS) is 18.0. The lowest BCUT2D eigenvalue weighted by atomic mass is 10.1. The molecule has 0 aliphatic carbocycles. The smallest absolute Gasteiger partial charge is 0.190 e. The van der Waals surface area contributed by atoms with Crippen molar-refractivity contribution in [1.82, 2.24) is 9.55 Å². The summed E-state index contributed by atoms with van der Waals surface area (Å²) in [7, 11) is 0. The van der Waals surface area contributed by atoms with E-state index in [0.29, 0.717) is 0 Å². The molecule has 4 nitrogen and oxygen atoms in total. The van der Waals surface area contributed by atoms with Crippen LogP contribution in [0, 0.1) is 0 Å². The summed E-state index contributed by atoms with van der Waals surface area (Å²) in [6, 6.07) is 12.3. The van der Waals surface area contributed by atoms with Crippen LogP contribution in [-0.2, 0) is 11.3 Å². The second-order valence-corrected chi connectivity index (χ2v) is 7.73. The van der Waals surface area contributed by atoms with Gasteiger partial charge in [0.05, 0.1) is 30.2 Å². The average Bonchev–Trinajstić information content (AvgIpc) is 3.28. The van der Waals surface area contributed by atoms with Crippen LogP contribution < -0.4 is 4.80 Å². The number of hydrogen-bond donors (Lipinski definition) is 0. The Morgan fingerprint density at radius 3 is 2.88 bits per heavy atom. The van der Waals surface area contributed by atoms with Crippen molar-refractivity contribution in [2.75, 3.05) is 6.61 Å². The minimum atomic E-state index is 0.261. The second kappa shape index (κ2) is 7.64. The third kappa shape index (κ3) is 3.92. The Bertz CT molecular complexity index is 896. The molecule has 0 saturated carbocycles. The van der Waals surface area contributed by atoms with Crippen LogP contribution in [0.1, 0.15) is 12.8 Å². The maximum absolute atomic E-state index is 5.86. The SMILES string of the molecule is Brc1ccc(-c2csc(=Nc3cccnc3)n2CC2CCCO2)cc1. The van der Waals surface area contributed by atoms with Gasteiger partial charge in [-0.15, -0.1) is 11.3 Å². The number of nitrogens with zero attached hydrogens (tertiary/aromatic N) is 3. The van der Waals surface area contributed by atoms with Crippen molar-refractivity contribution in [3.8, 4) is 11.3 Å². The molecule has 1 fully saturated rings. The first-order valence-corrected chi connectivity index (χ1v) is 9.97. The molecule has 1 aliphatic heterocycles. The van der Waals surface area contributed by atoms with E-state index in [1.807, 2.05) is 12.1 Å². The Balaban J connectivity index is 1.78. The fraction of sp³-hybridized carbons (Fsp3) is 0.263. The third-order valence-corrected chi connectivity index (χ3v) is 5.61. The molecule has 1 unspecified atom stereocenters. The predicted molar refractivity (Wildman–Crippen MR) is 104 cm³/mol. The summed E-state index contributed by atoms with van der Waals surface area (Å²) in [6.07, 6.45) is 6.06. The van der Waals surface area contributed by atoms with Crippen molar-refractivity contribution in [2.45, 2.75) is 25.5 Å². The molecule has 2 aromatic heterocycles. The molecule has 128 valence electrons. The first-order valence-electron chi connectivity index (χ1n) is 8.30. The first kappa shape index (κ1) is 16.7. The van der Waals surface area contributed by atoms with Gasteiger partial charge in [-0.1, -0.05) is 28.1 Å². The zero-order chi connectivity index (χ0) is 17.1. The number of ether oxygens (including phenoxy) is 1. The van der Waals surface area contributed by atoms with Gasteiger partial charge >= 0.3 is 0 Å². The predicted octanol–water partition coefficient (Wildman–Crippen LogP) is 4.79. The Morgan fingerprint density at radius 1 is 1.28 bits per heavy atom. The van der Waals surface area contributed by atoms with Crippen molar-refractivity contribution >= 4 is 33.0 Å². The summed E-state index contributed by atoms with van der Waals surface area (Å²) in [5.74, 6) is 0. The number of thiazole rings is 1. The van der Waals surface area contributed by atoms with E-state index in [-0.39, 0.29) is 6.10 Å². The highest BCUT2D eigenvalue weighted by Crippen LogP contribution is 2.24. The summed E-state index contributed by atoms with van der Waals surface area (Å²) in [4.78, 5) is 9.93. The zero-order valence-corrected chi connectivity index (χ0v) is 16.0. The van der Waals surface area contributed by atoms with Crippen LogP contribution in [0.3, 0.4) is 0 Å².